The number of carbonyl (C=O) groups is 1. The summed E-state index contributed by atoms with van der Waals surface area (Å²) < 4.78 is 0. The number of pyridine rings is 1. The fourth-order valence-corrected chi connectivity index (χ4v) is 5.87. The van der Waals surface area contributed by atoms with Gasteiger partial charge in [0.05, 0.1) is 24.0 Å². The molecular weight excluding hydrogens is 514 g/mol. The van der Waals surface area contributed by atoms with Gasteiger partial charge in [-0.1, -0.05) is 32.0 Å². The van der Waals surface area contributed by atoms with Gasteiger partial charge in [0.2, 0.25) is 5.95 Å². The highest BCUT2D eigenvalue weighted by atomic mass is 16.4. The van der Waals surface area contributed by atoms with Crippen molar-refractivity contribution in [1.29, 1.82) is 0 Å². The monoisotopic (exact) mass is 549 g/mol. The summed E-state index contributed by atoms with van der Waals surface area (Å²) >= 11 is 0. The summed E-state index contributed by atoms with van der Waals surface area (Å²) in [4.78, 5) is 39.0. The molecule has 4 aromatic rings. The van der Waals surface area contributed by atoms with Crippen LogP contribution in [0.15, 0.2) is 55.2 Å². The van der Waals surface area contributed by atoms with E-state index in [1.165, 1.54) is 11.1 Å². The Kier molecular flexibility index (Phi) is 7.11. The minimum atomic E-state index is -0.832. The van der Waals surface area contributed by atoms with Crippen molar-refractivity contribution >= 4 is 17.6 Å². The van der Waals surface area contributed by atoms with Crippen LogP contribution in [0, 0.1) is 12.3 Å². The molecule has 0 amide bonds. The van der Waals surface area contributed by atoms with Gasteiger partial charge < -0.3 is 14.9 Å². The molecule has 0 spiro atoms. The molecule has 0 bridgehead atoms. The molecule has 3 aromatic heterocycles. The summed E-state index contributed by atoms with van der Waals surface area (Å²) in [6, 6.07) is 8.45. The van der Waals surface area contributed by atoms with Crippen LogP contribution in [-0.2, 0) is 24.2 Å². The number of aliphatic carboxylic acids is 1. The van der Waals surface area contributed by atoms with E-state index < -0.39 is 5.97 Å². The van der Waals surface area contributed by atoms with Gasteiger partial charge in [-0.25, -0.2) is 9.97 Å². The topological polar surface area (TPSA) is 108 Å². The van der Waals surface area contributed by atoms with Gasteiger partial charge in [0, 0.05) is 67.8 Å². The summed E-state index contributed by atoms with van der Waals surface area (Å²) in [5.41, 5.74) is 9.02. The molecule has 41 heavy (non-hydrogen) atoms. The Hall–Kier alpha value is -4.40. The maximum atomic E-state index is 11.9. The van der Waals surface area contributed by atoms with Crippen LogP contribution < -0.4 is 9.80 Å². The van der Waals surface area contributed by atoms with Gasteiger partial charge in [-0.3, -0.25) is 19.7 Å². The lowest BCUT2D eigenvalue weighted by Crippen LogP contribution is -2.38. The van der Waals surface area contributed by atoms with Gasteiger partial charge >= 0.3 is 5.97 Å². The number of nitrogens with zero attached hydrogens (tertiary/aromatic N) is 7. The second-order valence-corrected chi connectivity index (χ2v) is 11.8. The lowest BCUT2D eigenvalue weighted by Gasteiger charge is -2.40. The van der Waals surface area contributed by atoms with E-state index in [-0.39, 0.29) is 6.42 Å². The average Bonchev–Trinajstić information content (AvgIpc) is 2.98. The fraction of sp³-hybridized carbons (Fsp3) is 0.375. The Morgan fingerprint density at radius 1 is 0.927 bits per heavy atom. The number of piperidine rings is 1. The first-order valence-electron chi connectivity index (χ1n) is 14.2. The van der Waals surface area contributed by atoms with Crippen LogP contribution in [0.2, 0.25) is 0 Å². The third-order valence-corrected chi connectivity index (χ3v) is 8.41. The van der Waals surface area contributed by atoms with Crippen LogP contribution >= 0.6 is 0 Å². The average molecular weight is 550 g/mol. The minimum absolute atomic E-state index is 0.0323. The van der Waals surface area contributed by atoms with E-state index in [1.807, 2.05) is 19.2 Å². The second kappa shape index (κ2) is 10.9. The summed E-state index contributed by atoms with van der Waals surface area (Å²) in [5, 5.41) is 9.75. The number of benzene rings is 1. The molecule has 0 aliphatic carbocycles. The first-order chi connectivity index (χ1) is 19.8. The maximum absolute atomic E-state index is 11.9. The van der Waals surface area contributed by atoms with Gasteiger partial charge in [0.1, 0.15) is 5.69 Å². The number of fused-ring (bicyclic) bond motifs is 1. The minimum Gasteiger partial charge on any atom is -0.481 e. The van der Waals surface area contributed by atoms with E-state index in [0.717, 1.165) is 78.4 Å². The molecule has 5 heterocycles. The summed E-state index contributed by atoms with van der Waals surface area (Å²) in [7, 11) is 0. The Bertz CT molecular complexity index is 1580. The molecule has 9 nitrogen and oxygen atoms in total. The van der Waals surface area contributed by atoms with Crippen LogP contribution in [0.25, 0.3) is 22.5 Å². The van der Waals surface area contributed by atoms with Crippen molar-refractivity contribution in [2.45, 2.75) is 53.0 Å². The molecule has 0 saturated carbocycles. The van der Waals surface area contributed by atoms with E-state index in [4.69, 9.17) is 4.98 Å². The highest BCUT2D eigenvalue weighted by Crippen LogP contribution is 2.40. The Labute approximate surface area is 240 Å². The molecule has 1 fully saturated rings. The first-order valence-corrected chi connectivity index (χ1v) is 14.2. The molecule has 0 radical (unpaired) electrons. The van der Waals surface area contributed by atoms with Crippen LogP contribution in [0.4, 0.5) is 11.6 Å². The number of aromatic nitrogens is 5. The van der Waals surface area contributed by atoms with Crippen molar-refractivity contribution in [2.24, 2.45) is 5.41 Å². The molecule has 0 atom stereocenters. The normalized spacial score (nSPS) is 16.4. The van der Waals surface area contributed by atoms with Gasteiger partial charge in [0.25, 0.3) is 0 Å². The summed E-state index contributed by atoms with van der Waals surface area (Å²) in [6.45, 7) is 9.86. The Balaban J connectivity index is 1.31. The molecular formula is C32H35N7O2. The quantitative estimate of drug-likeness (QED) is 0.350. The zero-order valence-corrected chi connectivity index (χ0v) is 23.8. The summed E-state index contributed by atoms with van der Waals surface area (Å²) in [6.07, 6.45) is 11.7. The second-order valence-electron chi connectivity index (χ2n) is 11.8. The van der Waals surface area contributed by atoms with Crippen LogP contribution in [0.1, 0.15) is 49.1 Å². The Morgan fingerprint density at radius 3 is 2.51 bits per heavy atom. The predicted octanol–water partition coefficient (Wildman–Crippen LogP) is 5.12. The largest absolute Gasteiger partial charge is 0.481 e. The molecule has 210 valence electrons. The van der Waals surface area contributed by atoms with Crippen molar-refractivity contribution in [2.75, 3.05) is 29.4 Å². The van der Waals surface area contributed by atoms with E-state index >= 15 is 0 Å². The van der Waals surface area contributed by atoms with Crippen molar-refractivity contribution in [1.82, 2.24) is 24.9 Å². The van der Waals surface area contributed by atoms with Crippen LogP contribution in [0.3, 0.4) is 0 Å². The summed E-state index contributed by atoms with van der Waals surface area (Å²) in [5.74, 6) is -0.152. The number of rotatable bonds is 6. The van der Waals surface area contributed by atoms with Gasteiger partial charge in [0.15, 0.2) is 0 Å². The number of carboxylic acid groups (broad SMARTS) is 1. The number of hydrogen-bond donors (Lipinski definition) is 1. The predicted molar refractivity (Wildman–Crippen MR) is 159 cm³/mol. The molecule has 1 aromatic carbocycles. The van der Waals surface area contributed by atoms with E-state index in [9.17, 15) is 9.90 Å². The fourth-order valence-electron chi connectivity index (χ4n) is 5.87. The Morgan fingerprint density at radius 2 is 1.76 bits per heavy atom. The third kappa shape index (κ3) is 5.62. The molecule has 9 heteroatoms. The van der Waals surface area contributed by atoms with Gasteiger partial charge in [-0.05, 0) is 54.4 Å². The van der Waals surface area contributed by atoms with Gasteiger partial charge in [-0.15, -0.1) is 0 Å². The molecule has 2 aliphatic rings. The lowest BCUT2D eigenvalue weighted by molar-refractivity contribution is -0.136. The van der Waals surface area contributed by atoms with Crippen molar-refractivity contribution in [3.05, 3.63) is 77.6 Å². The third-order valence-electron chi connectivity index (χ3n) is 8.41. The van der Waals surface area contributed by atoms with Gasteiger partial charge in [-0.2, -0.15) is 0 Å². The van der Waals surface area contributed by atoms with Crippen LogP contribution in [0.5, 0.6) is 0 Å². The highest BCUT2D eigenvalue weighted by molar-refractivity contribution is 5.85. The van der Waals surface area contributed by atoms with Crippen molar-refractivity contribution in [3.63, 3.8) is 0 Å². The number of anilines is 2. The number of aryl methyl sites for hydroxylation is 1. The number of hydrogen-bond acceptors (Lipinski definition) is 8. The lowest BCUT2D eigenvalue weighted by atomic mass is 9.82. The molecule has 1 saturated heterocycles. The van der Waals surface area contributed by atoms with Crippen LogP contribution in [-0.4, -0.2) is 55.6 Å². The van der Waals surface area contributed by atoms with Crippen molar-refractivity contribution < 1.29 is 9.90 Å². The van der Waals surface area contributed by atoms with E-state index in [2.05, 4.69) is 61.8 Å². The standard InChI is InChI=1S/C32H35N7O2/c1-21-25(17-29(40)41)30(38-14-8-32(2,3)9-15-38)26(18-36-21)23-4-5-24-20-39(13-7-22(24)16-23)31-35-10-6-27(37-31)28-19-33-11-12-34-28/h4-6,10-12,16,18-19H,7-9,13-15,17,20H2,1-3H3,(H,40,41). The van der Waals surface area contributed by atoms with E-state index in [1.54, 1.807) is 24.8 Å². The SMILES string of the molecule is Cc1ncc(-c2ccc3c(c2)CCN(c2nccc(-c4cnccn4)n2)C3)c(N2CCC(C)(C)CC2)c1CC(=O)O. The van der Waals surface area contributed by atoms with E-state index in [0.29, 0.717) is 17.9 Å². The first kappa shape index (κ1) is 26.8. The molecule has 6 rings (SSSR count). The maximum Gasteiger partial charge on any atom is 0.307 e. The smallest absolute Gasteiger partial charge is 0.307 e. The molecule has 2 aliphatic heterocycles. The highest BCUT2D eigenvalue weighted by Gasteiger charge is 2.30. The zero-order valence-electron chi connectivity index (χ0n) is 23.8. The molecule has 0 unspecified atom stereocenters. The number of carboxylic acids is 1. The van der Waals surface area contributed by atoms with Crippen molar-refractivity contribution in [3.8, 4) is 22.5 Å². The zero-order chi connectivity index (χ0) is 28.6. The molecule has 1 N–H and O–H groups in total.